The summed E-state index contributed by atoms with van der Waals surface area (Å²) >= 11 is 0. The quantitative estimate of drug-likeness (QED) is 0.784. The maximum Gasteiger partial charge on any atom is 0.228 e. The molecule has 2 unspecified atom stereocenters. The second-order valence-electron chi connectivity index (χ2n) is 9.33. The number of nitrogens with one attached hydrogen (secondary N) is 1. The first kappa shape index (κ1) is 18.9. The van der Waals surface area contributed by atoms with Crippen LogP contribution in [0.25, 0.3) is 0 Å². The first-order valence-electron chi connectivity index (χ1n) is 11.4. The molecule has 3 heteroatoms. The lowest BCUT2D eigenvalue weighted by atomic mass is 9.76. The van der Waals surface area contributed by atoms with Crippen molar-refractivity contribution in [1.82, 2.24) is 10.2 Å². The molecule has 1 heterocycles. The molecule has 4 atom stereocenters. The van der Waals surface area contributed by atoms with Crippen LogP contribution in [0, 0.1) is 17.8 Å². The number of hydrogen-bond acceptors (Lipinski definition) is 2. The van der Waals surface area contributed by atoms with Gasteiger partial charge in [-0.1, -0.05) is 79.9 Å². The predicted molar refractivity (Wildman–Crippen MR) is 116 cm³/mol. The topological polar surface area (TPSA) is 32.3 Å². The van der Waals surface area contributed by atoms with Gasteiger partial charge < -0.3 is 5.32 Å². The lowest BCUT2D eigenvalue weighted by Crippen LogP contribution is -2.39. The minimum atomic E-state index is 0.0262. The summed E-state index contributed by atoms with van der Waals surface area (Å²) < 4.78 is 0. The Morgan fingerprint density at radius 3 is 2.17 bits per heavy atom. The Balaban J connectivity index is 1.20. The summed E-state index contributed by atoms with van der Waals surface area (Å²) in [5, 5.41) is 3.47. The van der Waals surface area contributed by atoms with Crippen LogP contribution in [0.15, 0.2) is 60.7 Å². The minimum Gasteiger partial charge on any atom is -0.352 e. The van der Waals surface area contributed by atoms with E-state index in [4.69, 9.17) is 0 Å². The number of carbonyl (C=O) groups is 1. The zero-order valence-corrected chi connectivity index (χ0v) is 17.2. The maximum absolute atomic E-state index is 13.4. The van der Waals surface area contributed by atoms with Gasteiger partial charge in [-0.05, 0) is 41.7 Å². The number of carbonyl (C=O) groups excluding carboxylic acids is 1. The Hall–Kier alpha value is -2.13. The smallest absolute Gasteiger partial charge is 0.228 e. The van der Waals surface area contributed by atoms with Crippen molar-refractivity contribution in [2.75, 3.05) is 13.1 Å². The van der Waals surface area contributed by atoms with Crippen LogP contribution in [-0.4, -0.2) is 29.9 Å². The monoisotopic (exact) mass is 388 g/mol. The number of nitrogens with zero attached hydrogens (tertiary/aromatic N) is 1. The van der Waals surface area contributed by atoms with Crippen LogP contribution in [0.3, 0.4) is 0 Å². The molecule has 29 heavy (non-hydrogen) atoms. The molecular formula is C26H32N2O. The van der Waals surface area contributed by atoms with Crippen LogP contribution in [0.4, 0.5) is 0 Å². The van der Waals surface area contributed by atoms with Gasteiger partial charge in [0.2, 0.25) is 5.91 Å². The van der Waals surface area contributed by atoms with Gasteiger partial charge in [0.15, 0.2) is 0 Å². The van der Waals surface area contributed by atoms with Gasteiger partial charge in [-0.25, -0.2) is 0 Å². The molecule has 152 valence electrons. The van der Waals surface area contributed by atoms with Crippen molar-refractivity contribution in [2.24, 2.45) is 17.8 Å². The largest absolute Gasteiger partial charge is 0.352 e. The highest BCUT2D eigenvalue weighted by Crippen LogP contribution is 2.46. The molecule has 0 spiro atoms. The number of fused-ring (bicyclic) bond motifs is 1. The van der Waals surface area contributed by atoms with E-state index in [9.17, 15) is 4.79 Å². The average molecular weight is 389 g/mol. The zero-order chi connectivity index (χ0) is 19.6. The molecule has 1 amide bonds. The van der Waals surface area contributed by atoms with Crippen molar-refractivity contribution in [3.63, 3.8) is 0 Å². The second kappa shape index (κ2) is 8.31. The van der Waals surface area contributed by atoms with Gasteiger partial charge in [-0.15, -0.1) is 0 Å². The average Bonchev–Trinajstić information content (AvgIpc) is 3.19. The highest BCUT2D eigenvalue weighted by molar-refractivity contribution is 5.84. The van der Waals surface area contributed by atoms with Crippen molar-refractivity contribution in [3.05, 3.63) is 71.8 Å². The Labute approximate surface area is 174 Å². The van der Waals surface area contributed by atoms with Gasteiger partial charge in [-0.3, -0.25) is 9.69 Å². The summed E-state index contributed by atoms with van der Waals surface area (Å²) in [5.74, 6) is 2.09. The zero-order valence-electron chi connectivity index (χ0n) is 17.2. The highest BCUT2D eigenvalue weighted by atomic mass is 16.2. The Morgan fingerprint density at radius 1 is 0.897 bits per heavy atom. The van der Waals surface area contributed by atoms with Crippen LogP contribution in [0.5, 0.6) is 0 Å². The summed E-state index contributed by atoms with van der Waals surface area (Å²) in [5.41, 5.74) is 2.59. The van der Waals surface area contributed by atoms with E-state index in [1.807, 2.05) is 6.07 Å². The minimum absolute atomic E-state index is 0.0262. The summed E-state index contributed by atoms with van der Waals surface area (Å²) in [6, 6.07) is 21.6. The molecule has 1 aliphatic heterocycles. The first-order valence-corrected chi connectivity index (χ1v) is 11.4. The standard InChI is InChI=1S/C26H32N2O/c29-26(24(20-12-6-2-7-13-20)21-14-8-3-9-15-21)27-25-22-17-28(18-23(22)25)16-19-10-4-1-5-11-19/h1-2,4-7,10-13,21-25H,3,8-9,14-18H2,(H,27,29)/t22-,23+,24?,25?. The Morgan fingerprint density at radius 2 is 1.52 bits per heavy atom. The van der Waals surface area contributed by atoms with E-state index >= 15 is 0 Å². The van der Waals surface area contributed by atoms with Gasteiger partial charge in [0.25, 0.3) is 0 Å². The fraction of sp³-hybridized carbons (Fsp3) is 0.500. The molecule has 2 aromatic rings. The number of rotatable bonds is 6. The highest BCUT2D eigenvalue weighted by Gasteiger charge is 2.56. The number of piperidine rings is 1. The summed E-state index contributed by atoms with van der Waals surface area (Å²) in [6.07, 6.45) is 6.24. The van der Waals surface area contributed by atoms with Crippen LogP contribution in [0.2, 0.25) is 0 Å². The van der Waals surface area contributed by atoms with E-state index in [1.165, 1.54) is 43.2 Å². The summed E-state index contributed by atoms with van der Waals surface area (Å²) in [6.45, 7) is 3.26. The molecule has 0 bridgehead atoms. The molecule has 2 saturated carbocycles. The molecule has 3 aliphatic rings. The fourth-order valence-corrected chi connectivity index (χ4v) is 5.82. The van der Waals surface area contributed by atoms with E-state index in [-0.39, 0.29) is 11.8 Å². The molecule has 1 N–H and O–H groups in total. The first-order chi connectivity index (χ1) is 14.3. The van der Waals surface area contributed by atoms with Gasteiger partial charge in [0, 0.05) is 25.7 Å². The molecule has 1 saturated heterocycles. The van der Waals surface area contributed by atoms with E-state index in [1.54, 1.807) is 0 Å². The van der Waals surface area contributed by atoms with Gasteiger partial charge in [0.05, 0.1) is 5.92 Å². The predicted octanol–water partition coefficient (Wildman–Crippen LogP) is 4.60. The number of amides is 1. The molecular weight excluding hydrogens is 356 g/mol. The third-order valence-electron chi connectivity index (χ3n) is 7.39. The van der Waals surface area contributed by atoms with Crippen molar-refractivity contribution in [3.8, 4) is 0 Å². The summed E-state index contributed by atoms with van der Waals surface area (Å²) in [7, 11) is 0. The molecule has 2 aliphatic carbocycles. The fourth-order valence-electron chi connectivity index (χ4n) is 5.82. The Kier molecular flexibility index (Phi) is 5.41. The van der Waals surface area contributed by atoms with E-state index in [0.717, 1.165) is 19.6 Å². The van der Waals surface area contributed by atoms with E-state index < -0.39 is 0 Å². The molecule has 3 nitrogen and oxygen atoms in total. The molecule has 2 aromatic carbocycles. The lowest BCUT2D eigenvalue weighted by Gasteiger charge is -2.30. The van der Waals surface area contributed by atoms with Crippen LogP contribution in [-0.2, 0) is 11.3 Å². The normalized spacial score (nSPS) is 27.9. The third-order valence-corrected chi connectivity index (χ3v) is 7.39. The lowest BCUT2D eigenvalue weighted by molar-refractivity contribution is -0.124. The number of hydrogen-bond donors (Lipinski definition) is 1. The van der Waals surface area contributed by atoms with Gasteiger partial charge in [-0.2, -0.15) is 0 Å². The number of likely N-dealkylation sites (tertiary alicyclic amines) is 1. The van der Waals surface area contributed by atoms with Crippen LogP contribution < -0.4 is 5.32 Å². The molecule has 3 fully saturated rings. The Bertz CT molecular complexity index is 803. The van der Waals surface area contributed by atoms with Crippen molar-refractivity contribution in [1.29, 1.82) is 0 Å². The maximum atomic E-state index is 13.4. The third kappa shape index (κ3) is 4.11. The summed E-state index contributed by atoms with van der Waals surface area (Å²) in [4.78, 5) is 15.9. The molecule has 0 radical (unpaired) electrons. The van der Waals surface area contributed by atoms with Crippen molar-refractivity contribution >= 4 is 5.91 Å². The van der Waals surface area contributed by atoms with Gasteiger partial charge in [0.1, 0.15) is 0 Å². The van der Waals surface area contributed by atoms with Crippen molar-refractivity contribution < 1.29 is 4.79 Å². The van der Waals surface area contributed by atoms with E-state index in [2.05, 4.69) is 64.8 Å². The molecule has 0 aromatic heterocycles. The number of benzene rings is 2. The van der Waals surface area contributed by atoms with Gasteiger partial charge >= 0.3 is 0 Å². The van der Waals surface area contributed by atoms with Crippen molar-refractivity contribution in [2.45, 2.75) is 50.6 Å². The van der Waals surface area contributed by atoms with E-state index in [0.29, 0.717) is 23.8 Å². The SMILES string of the molecule is O=C(NC1[C@H]2CN(Cc3ccccc3)C[C@@H]12)C(c1ccccc1)C1CCCCC1. The second-order valence-corrected chi connectivity index (χ2v) is 9.33. The molecule has 5 rings (SSSR count). The van der Waals surface area contributed by atoms with Crippen LogP contribution >= 0.6 is 0 Å². The van der Waals surface area contributed by atoms with Crippen LogP contribution in [0.1, 0.15) is 49.1 Å².